The van der Waals surface area contributed by atoms with E-state index in [0.29, 0.717) is 6.54 Å². The normalized spacial score (nSPS) is 11.0. The molecule has 152 valence electrons. The van der Waals surface area contributed by atoms with Crippen LogP contribution in [0.25, 0.3) is 16.9 Å². The molecule has 4 rings (SSSR count). The van der Waals surface area contributed by atoms with E-state index in [-0.39, 0.29) is 6.10 Å². The molecule has 0 unspecified atom stereocenters. The molecule has 0 aliphatic heterocycles. The first-order valence-corrected chi connectivity index (χ1v) is 10.2. The molecule has 0 saturated heterocycles. The van der Waals surface area contributed by atoms with Gasteiger partial charge in [-0.1, -0.05) is 24.3 Å². The van der Waals surface area contributed by atoms with Gasteiger partial charge in [-0.3, -0.25) is 4.98 Å². The number of aromatic nitrogens is 3. The third-order valence-electron chi connectivity index (χ3n) is 4.68. The van der Waals surface area contributed by atoms with Crippen molar-refractivity contribution in [3.05, 3.63) is 96.4 Å². The summed E-state index contributed by atoms with van der Waals surface area (Å²) in [7, 11) is 0. The van der Waals surface area contributed by atoms with Crippen molar-refractivity contribution in [2.24, 2.45) is 0 Å². The van der Waals surface area contributed by atoms with Crippen LogP contribution in [0.15, 0.2) is 85.3 Å². The standard InChI is InChI=1S/C25H26N4O/c1-19(2)30-24-12-10-21(11-13-24)25-22(17-27-16-20-7-6-14-26-15-20)18-29(28-25)23-8-4-3-5-9-23/h3-15,18-19,27H,16-17H2,1-2H3. The number of hydrogen-bond acceptors (Lipinski definition) is 4. The van der Waals surface area contributed by atoms with E-state index in [1.54, 1.807) is 6.20 Å². The zero-order valence-electron chi connectivity index (χ0n) is 17.3. The zero-order chi connectivity index (χ0) is 20.8. The molecule has 4 aromatic rings. The molecule has 0 fully saturated rings. The van der Waals surface area contributed by atoms with Crippen LogP contribution in [0.3, 0.4) is 0 Å². The van der Waals surface area contributed by atoms with Crippen LogP contribution < -0.4 is 10.1 Å². The van der Waals surface area contributed by atoms with E-state index in [4.69, 9.17) is 9.84 Å². The highest BCUT2D eigenvalue weighted by Crippen LogP contribution is 2.26. The molecule has 0 saturated carbocycles. The largest absolute Gasteiger partial charge is 0.491 e. The minimum Gasteiger partial charge on any atom is -0.491 e. The van der Waals surface area contributed by atoms with Gasteiger partial charge in [-0.25, -0.2) is 4.68 Å². The molecule has 2 heterocycles. The fraction of sp³-hybridized carbons (Fsp3) is 0.200. The van der Waals surface area contributed by atoms with Crippen molar-refractivity contribution in [2.75, 3.05) is 0 Å². The van der Waals surface area contributed by atoms with Crippen molar-refractivity contribution >= 4 is 0 Å². The summed E-state index contributed by atoms with van der Waals surface area (Å²) in [5.74, 6) is 0.868. The van der Waals surface area contributed by atoms with Gasteiger partial charge in [0.2, 0.25) is 0 Å². The first kappa shape index (κ1) is 19.9. The lowest BCUT2D eigenvalue weighted by molar-refractivity contribution is 0.242. The molecular formula is C25H26N4O. The van der Waals surface area contributed by atoms with Gasteiger partial charge >= 0.3 is 0 Å². The highest BCUT2D eigenvalue weighted by molar-refractivity contribution is 5.64. The Morgan fingerprint density at radius 2 is 1.73 bits per heavy atom. The number of ether oxygens (including phenoxy) is 1. The van der Waals surface area contributed by atoms with Crippen molar-refractivity contribution in [1.29, 1.82) is 0 Å². The molecule has 0 amide bonds. The van der Waals surface area contributed by atoms with E-state index in [9.17, 15) is 0 Å². The Labute approximate surface area is 177 Å². The maximum atomic E-state index is 5.78. The summed E-state index contributed by atoms with van der Waals surface area (Å²) in [6.45, 7) is 5.52. The molecule has 0 spiro atoms. The van der Waals surface area contributed by atoms with Gasteiger partial charge < -0.3 is 10.1 Å². The summed E-state index contributed by atoms with van der Waals surface area (Å²) in [5.41, 5.74) is 5.37. The van der Waals surface area contributed by atoms with E-state index < -0.39 is 0 Å². The molecule has 0 bridgehead atoms. The fourth-order valence-corrected chi connectivity index (χ4v) is 3.30. The predicted octanol–water partition coefficient (Wildman–Crippen LogP) is 5.01. The van der Waals surface area contributed by atoms with Crippen LogP contribution in [0.5, 0.6) is 5.75 Å². The van der Waals surface area contributed by atoms with Gasteiger partial charge in [-0.2, -0.15) is 5.10 Å². The SMILES string of the molecule is CC(C)Oc1ccc(-c2nn(-c3ccccc3)cc2CNCc2cccnc2)cc1. The summed E-state index contributed by atoms with van der Waals surface area (Å²) in [4.78, 5) is 4.18. The summed E-state index contributed by atoms with van der Waals surface area (Å²) >= 11 is 0. The lowest BCUT2D eigenvalue weighted by Gasteiger charge is -2.10. The number of benzene rings is 2. The van der Waals surface area contributed by atoms with E-state index in [1.807, 2.05) is 61.1 Å². The monoisotopic (exact) mass is 398 g/mol. The van der Waals surface area contributed by atoms with Gasteiger partial charge in [0, 0.05) is 42.8 Å². The predicted molar refractivity (Wildman–Crippen MR) is 120 cm³/mol. The van der Waals surface area contributed by atoms with Crippen molar-refractivity contribution in [2.45, 2.75) is 33.0 Å². The highest BCUT2D eigenvalue weighted by Gasteiger charge is 2.13. The highest BCUT2D eigenvalue weighted by atomic mass is 16.5. The fourth-order valence-electron chi connectivity index (χ4n) is 3.30. The minimum atomic E-state index is 0.153. The molecule has 1 N–H and O–H groups in total. The molecule has 2 aromatic carbocycles. The van der Waals surface area contributed by atoms with Gasteiger partial charge in [0.15, 0.2) is 0 Å². The molecular weight excluding hydrogens is 372 g/mol. The number of hydrogen-bond donors (Lipinski definition) is 1. The first-order valence-electron chi connectivity index (χ1n) is 10.2. The van der Waals surface area contributed by atoms with Gasteiger partial charge in [-0.05, 0) is 61.9 Å². The van der Waals surface area contributed by atoms with Crippen LogP contribution in [0.4, 0.5) is 0 Å². The number of pyridine rings is 1. The first-order chi connectivity index (χ1) is 14.7. The van der Waals surface area contributed by atoms with Gasteiger partial charge in [0.1, 0.15) is 5.75 Å². The van der Waals surface area contributed by atoms with E-state index in [0.717, 1.165) is 40.4 Å². The Bertz CT molecular complexity index is 1060. The van der Waals surface area contributed by atoms with Crippen LogP contribution in [-0.2, 0) is 13.1 Å². The van der Waals surface area contributed by atoms with Crippen LogP contribution in [0.2, 0.25) is 0 Å². The van der Waals surface area contributed by atoms with Crippen LogP contribution in [0, 0.1) is 0 Å². The summed E-state index contributed by atoms with van der Waals surface area (Å²) in [6, 6.07) is 22.3. The topological polar surface area (TPSA) is 52.0 Å². The van der Waals surface area contributed by atoms with Crippen LogP contribution >= 0.6 is 0 Å². The smallest absolute Gasteiger partial charge is 0.119 e. The second-order valence-corrected chi connectivity index (χ2v) is 7.44. The lowest BCUT2D eigenvalue weighted by atomic mass is 10.1. The second kappa shape index (κ2) is 9.37. The molecule has 0 atom stereocenters. The second-order valence-electron chi connectivity index (χ2n) is 7.44. The Kier molecular flexibility index (Phi) is 6.20. The van der Waals surface area contributed by atoms with Crippen LogP contribution in [-0.4, -0.2) is 20.9 Å². The van der Waals surface area contributed by atoms with Gasteiger partial charge in [0.05, 0.1) is 17.5 Å². The van der Waals surface area contributed by atoms with Crippen molar-refractivity contribution < 1.29 is 4.74 Å². The van der Waals surface area contributed by atoms with Crippen molar-refractivity contribution in [1.82, 2.24) is 20.1 Å². The van der Waals surface area contributed by atoms with Crippen molar-refractivity contribution in [3.63, 3.8) is 0 Å². The molecule has 5 heteroatoms. The van der Waals surface area contributed by atoms with Crippen molar-refractivity contribution in [3.8, 4) is 22.7 Å². The number of nitrogens with one attached hydrogen (secondary N) is 1. The maximum absolute atomic E-state index is 5.78. The van der Waals surface area contributed by atoms with Gasteiger partial charge in [0.25, 0.3) is 0 Å². The Morgan fingerprint density at radius 3 is 2.43 bits per heavy atom. The molecule has 30 heavy (non-hydrogen) atoms. The third kappa shape index (κ3) is 4.93. The quantitative estimate of drug-likeness (QED) is 0.453. The lowest BCUT2D eigenvalue weighted by Crippen LogP contribution is -2.13. The molecule has 0 aliphatic rings. The number of para-hydroxylation sites is 1. The minimum absolute atomic E-state index is 0.153. The van der Waals surface area contributed by atoms with E-state index >= 15 is 0 Å². The maximum Gasteiger partial charge on any atom is 0.119 e. The summed E-state index contributed by atoms with van der Waals surface area (Å²) in [6.07, 6.45) is 5.92. The summed E-state index contributed by atoms with van der Waals surface area (Å²) in [5, 5.41) is 8.40. The van der Waals surface area contributed by atoms with E-state index in [2.05, 4.69) is 46.8 Å². The Hall–Kier alpha value is -3.44. The molecule has 0 aliphatic carbocycles. The summed E-state index contributed by atoms with van der Waals surface area (Å²) < 4.78 is 7.72. The van der Waals surface area contributed by atoms with E-state index in [1.165, 1.54) is 0 Å². The Morgan fingerprint density at radius 1 is 0.933 bits per heavy atom. The number of rotatable bonds is 8. The van der Waals surface area contributed by atoms with Crippen LogP contribution in [0.1, 0.15) is 25.0 Å². The zero-order valence-corrected chi connectivity index (χ0v) is 17.3. The third-order valence-corrected chi connectivity index (χ3v) is 4.68. The average Bonchev–Trinajstić information content (AvgIpc) is 3.19. The average molecular weight is 399 g/mol. The number of nitrogens with zero attached hydrogens (tertiary/aromatic N) is 3. The van der Waals surface area contributed by atoms with Gasteiger partial charge in [-0.15, -0.1) is 0 Å². The molecule has 0 radical (unpaired) electrons. The Balaban J connectivity index is 1.59. The molecule has 5 nitrogen and oxygen atoms in total. The molecule has 2 aromatic heterocycles.